The van der Waals surface area contributed by atoms with Gasteiger partial charge in [-0.2, -0.15) is 0 Å². The maximum absolute atomic E-state index is 11.8. The first-order valence-corrected chi connectivity index (χ1v) is 8.86. The molecule has 2 aromatic rings. The zero-order valence-electron chi connectivity index (χ0n) is 8.69. The second-order valence-electron chi connectivity index (χ2n) is 3.53. The first kappa shape index (κ1) is 11.2. The van der Waals surface area contributed by atoms with E-state index in [0.29, 0.717) is 5.56 Å². The van der Waals surface area contributed by atoms with Crippen molar-refractivity contribution >= 4 is 42.1 Å². The average Bonchev–Trinajstić information content (AvgIpc) is 2.68. The molecule has 0 amide bonds. The normalized spacial score (nSPS) is 15.6. The van der Waals surface area contributed by atoms with Gasteiger partial charge in [-0.1, -0.05) is 0 Å². The molecule has 2 aromatic carbocycles. The molecule has 0 bridgehead atoms. The molecule has 0 aliphatic carbocycles. The van der Waals surface area contributed by atoms with E-state index in [-0.39, 0.29) is 5.97 Å². The molecule has 86 valence electrons. The Bertz CT molecular complexity index is 583. The Hall–Kier alpha value is -0.880. The van der Waals surface area contributed by atoms with E-state index in [1.807, 2.05) is 48.5 Å². The van der Waals surface area contributed by atoms with Crippen LogP contribution in [0.2, 0.25) is 0 Å². The predicted octanol–water partition coefficient (Wildman–Crippen LogP) is 4.08. The molecule has 1 aliphatic rings. The molecule has 2 nitrogen and oxygen atoms in total. The molecule has 0 radical (unpaired) electrons. The summed E-state index contributed by atoms with van der Waals surface area (Å²) in [6.07, 6.45) is 0. The van der Waals surface area contributed by atoms with Gasteiger partial charge in [0.1, 0.15) is 0 Å². The minimum absolute atomic E-state index is 0.185. The average molecular weight is 403 g/mol. The molecule has 0 spiro atoms. The van der Waals surface area contributed by atoms with E-state index < -0.39 is 20.2 Å². The third-order valence-corrected chi connectivity index (χ3v) is 7.59. The van der Waals surface area contributed by atoms with Crippen molar-refractivity contribution in [1.82, 2.24) is 0 Å². The van der Waals surface area contributed by atoms with Crippen LogP contribution in [0.15, 0.2) is 53.0 Å². The topological polar surface area (TPSA) is 26.3 Å². The van der Waals surface area contributed by atoms with Gasteiger partial charge in [0.2, 0.25) is 0 Å². The Balaban J connectivity index is 2.11. The molecule has 0 saturated heterocycles. The molecule has 0 saturated carbocycles. The van der Waals surface area contributed by atoms with Crippen LogP contribution in [-0.4, -0.2) is 5.97 Å². The van der Waals surface area contributed by atoms with Crippen LogP contribution in [0.25, 0.3) is 0 Å². The van der Waals surface area contributed by atoms with Gasteiger partial charge in [-0.25, -0.2) is 0 Å². The van der Waals surface area contributed by atoms with Gasteiger partial charge in [0.15, 0.2) is 0 Å². The summed E-state index contributed by atoms with van der Waals surface area (Å²) in [4.78, 5) is 11.8. The van der Waals surface area contributed by atoms with Crippen molar-refractivity contribution in [2.75, 3.05) is 0 Å². The predicted molar refractivity (Wildman–Crippen MR) is 77.4 cm³/mol. The quantitative estimate of drug-likeness (QED) is 0.672. The SMILES string of the molecule is O=C1OI(c2ccccc2)c2ccc(Br)cc21. The zero-order chi connectivity index (χ0) is 11.8. The van der Waals surface area contributed by atoms with Crippen LogP contribution in [0.5, 0.6) is 0 Å². The molecule has 0 unspecified atom stereocenters. The van der Waals surface area contributed by atoms with Gasteiger partial charge in [0.25, 0.3) is 0 Å². The molecular weight excluding hydrogens is 395 g/mol. The Labute approximate surface area is 115 Å². The number of carbonyl (C=O) groups is 1. The number of carbonyl (C=O) groups excluding carboxylic acids is 1. The molecule has 0 aromatic heterocycles. The summed E-state index contributed by atoms with van der Waals surface area (Å²) < 4.78 is 8.74. The second kappa shape index (κ2) is 4.42. The van der Waals surface area contributed by atoms with E-state index in [9.17, 15) is 4.79 Å². The van der Waals surface area contributed by atoms with Gasteiger partial charge < -0.3 is 0 Å². The van der Waals surface area contributed by atoms with Crippen LogP contribution in [0.4, 0.5) is 0 Å². The van der Waals surface area contributed by atoms with Gasteiger partial charge in [-0.05, 0) is 0 Å². The van der Waals surface area contributed by atoms with Crippen LogP contribution in [0, 0.1) is 7.14 Å². The number of rotatable bonds is 1. The molecule has 17 heavy (non-hydrogen) atoms. The monoisotopic (exact) mass is 402 g/mol. The van der Waals surface area contributed by atoms with Crippen LogP contribution in [0.3, 0.4) is 0 Å². The minimum atomic E-state index is -1.98. The van der Waals surface area contributed by atoms with E-state index in [0.717, 1.165) is 11.6 Å². The molecule has 0 fully saturated rings. The van der Waals surface area contributed by atoms with Gasteiger partial charge >= 0.3 is 116 Å². The van der Waals surface area contributed by atoms with Gasteiger partial charge in [0.05, 0.1) is 0 Å². The molecular formula is C13H8BrIO2. The Morgan fingerprint density at radius 2 is 1.82 bits per heavy atom. The van der Waals surface area contributed by atoms with Gasteiger partial charge in [-0.3, -0.25) is 0 Å². The summed E-state index contributed by atoms with van der Waals surface area (Å²) in [5, 5.41) is 0. The van der Waals surface area contributed by atoms with Crippen molar-refractivity contribution in [1.29, 1.82) is 0 Å². The molecule has 1 aliphatic heterocycles. The van der Waals surface area contributed by atoms with Gasteiger partial charge in [0, 0.05) is 0 Å². The van der Waals surface area contributed by atoms with Crippen LogP contribution in [-0.2, 0) is 3.07 Å². The van der Waals surface area contributed by atoms with E-state index in [2.05, 4.69) is 15.9 Å². The molecule has 3 rings (SSSR count). The molecule has 1 heterocycles. The Kier molecular flexibility index (Phi) is 2.92. The fraction of sp³-hybridized carbons (Fsp3) is 0. The van der Waals surface area contributed by atoms with E-state index in [1.165, 1.54) is 0 Å². The molecule has 0 atom stereocenters. The van der Waals surface area contributed by atoms with Crippen LogP contribution >= 0.6 is 36.2 Å². The summed E-state index contributed by atoms with van der Waals surface area (Å²) in [6.45, 7) is 0. The van der Waals surface area contributed by atoms with E-state index in [1.54, 1.807) is 0 Å². The standard InChI is InChI=1S/C13H8BrIO2/c14-9-6-7-12-11(8-9)13(16)17-15(12)10-4-2-1-3-5-10/h1-8H. The Morgan fingerprint density at radius 1 is 1.06 bits per heavy atom. The van der Waals surface area contributed by atoms with Crippen molar-refractivity contribution in [3.05, 3.63) is 65.7 Å². The van der Waals surface area contributed by atoms with Crippen molar-refractivity contribution in [3.8, 4) is 0 Å². The summed E-state index contributed by atoms with van der Waals surface area (Å²) in [7, 11) is 0. The van der Waals surface area contributed by atoms with Crippen molar-refractivity contribution in [2.45, 2.75) is 0 Å². The molecule has 4 heteroatoms. The van der Waals surface area contributed by atoms with Crippen molar-refractivity contribution in [3.63, 3.8) is 0 Å². The summed E-state index contributed by atoms with van der Waals surface area (Å²) in [5.41, 5.74) is 0.716. The third-order valence-electron chi connectivity index (χ3n) is 2.41. The van der Waals surface area contributed by atoms with Crippen LogP contribution in [0.1, 0.15) is 10.4 Å². The Morgan fingerprint density at radius 3 is 2.59 bits per heavy atom. The fourth-order valence-electron chi connectivity index (χ4n) is 1.65. The zero-order valence-corrected chi connectivity index (χ0v) is 12.4. The number of halogens is 2. The van der Waals surface area contributed by atoms with Crippen LogP contribution < -0.4 is 0 Å². The maximum atomic E-state index is 11.8. The summed E-state index contributed by atoms with van der Waals surface area (Å²) in [6, 6.07) is 15.8. The second-order valence-corrected chi connectivity index (χ2v) is 8.72. The van der Waals surface area contributed by atoms with Crippen molar-refractivity contribution < 1.29 is 7.86 Å². The number of fused-ring (bicyclic) bond motifs is 1. The fourth-order valence-corrected chi connectivity index (χ4v) is 6.29. The number of hydrogen-bond donors (Lipinski definition) is 0. The summed E-state index contributed by atoms with van der Waals surface area (Å²) in [5.74, 6) is -0.185. The molecule has 0 N–H and O–H groups in total. The third kappa shape index (κ3) is 1.99. The van der Waals surface area contributed by atoms with Crippen molar-refractivity contribution in [2.24, 2.45) is 0 Å². The van der Waals surface area contributed by atoms with E-state index >= 15 is 0 Å². The summed E-state index contributed by atoms with van der Waals surface area (Å²) >= 11 is 1.40. The first-order chi connectivity index (χ1) is 8.25. The number of benzene rings is 2. The van der Waals surface area contributed by atoms with Gasteiger partial charge in [-0.15, -0.1) is 0 Å². The van der Waals surface area contributed by atoms with E-state index in [4.69, 9.17) is 3.07 Å². The number of hydrogen-bond acceptors (Lipinski definition) is 2. The first-order valence-electron chi connectivity index (χ1n) is 5.03.